The lowest BCUT2D eigenvalue weighted by atomic mass is 10.2. The Morgan fingerprint density at radius 2 is 1.94 bits per heavy atom. The molecule has 0 spiro atoms. The molecule has 0 saturated carbocycles. The molecule has 0 aliphatic carbocycles. The molecule has 1 N–H and O–H groups in total. The molecular formula is C22H18Cl2N4O4. The van der Waals surface area contributed by atoms with E-state index in [1.165, 1.54) is 7.11 Å². The first-order valence-corrected chi connectivity index (χ1v) is 10.3. The third-order valence-electron chi connectivity index (χ3n) is 4.53. The quantitative estimate of drug-likeness (QED) is 0.403. The summed E-state index contributed by atoms with van der Waals surface area (Å²) in [7, 11) is 1.53. The van der Waals surface area contributed by atoms with Crippen molar-refractivity contribution in [2.24, 2.45) is 0 Å². The maximum absolute atomic E-state index is 12.3. The summed E-state index contributed by atoms with van der Waals surface area (Å²) in [5.41, 5.74) is 1.89. The van der Waals surface area contributed by atoms with Gasteiger partial charge in [-0.05, 0) is 37.3 Å². The molecule has 0 bridgehead atoms. The number of aromatic nitrogens is 3. The van der Waals surface area contributed by atoms with E-state index in [2.05, 4.69) is 20.4 Å². The predicted molar refractivity (Wildman–Crippen MR) is 120 cm³/mol. The average Bonchev–Trinajstić information content (AvgIpc) is 3.20. The van der Waals surface area contributed by atoms with E-state index < -0.39 is 0 Å². The van der Waals surface area contributed by atoms with Gasteiger partial charge in [-0.2, -0.15) is 4.98 Å². The van der Waals surface area contributed by atoms with Crippen molar-refractivity contribution in [2.75, 3.05) is 12.4 Å². The van der Waals surface area contributed by atoms with Crippen LogP contribution in [0.2, 0.25) is 10.0 Å². The summed E-state index contributed by atoms with van der Waals surface area (Å²) in [6.07, 6.45) is -0.0765. The number of carbonyl (C=O) groups excluding carboxylic acids is 1. The lowest BCUT2D eigenvalue weighted by Crippen LogP contribution is -2.15. The van der Waals surface area contributed by atoms with Crippen molar-refractivity contribution in [2.45, 2.75) is 20.0 Å². The third kappa shape index (κ3) is 4.76. The fourth-order valence-electron chi connectivity index (χ4n) is 3.07. The van der Waals surface area contributed by atoms with Crippen LogP contribution in [0, 0.1) is 6.92 Å². The average molecular weight is 473 g/mol. The number of ether oxygens (including phenoxy) is 2. The third-order valence-corrected chi connectivity index (χ3v) is 5.12. The second-order valence-corrected chi connectivity index (χ2v) is 7.65. The molecule has 2 aromatic heterocycles. The minimum Gasteiger partial charge on any atom is -0.495 e. The number of fused-ring (bicyclic) bond motifs is 1. The first-order valence-electron chi connectivity index (χ1n) is 9.57. The number of aryl methyl sites for hydroxylation is 1. The molecule has 164 valence electrons. The Morgan fingerprint density at radius 3 is 2.75 bits per heavy atom. The second kappa shape index (κ2) is 9.42. The summed E-state index contributed by atoms with van der Waals surface area (Å²) in [4.78, 5) is 21.0. The van der Waals surface area contributed by atoms with E-state index in [9.17, 15) is 4.79 Å². The highest BCUT2D eigenvalue weighted by Crippen LogP contribution is 2.37. The maximum Gasteiger partial charge on any atom is 0.264 e. The number of methoxy groups -OCH3 is 1. The molecule has 1 amide bonds. The Hall–Kier alpha value is -3.36. The Labute approximate surface area is 193 Å². The van der Waals surface area contributed by atoms with Crippen LogP contribution in [0.25, 0.3) is 10.9 Å². The molecule has 2 heterocycles. The van der Waals surface area contributed by atoms with E-state index in [1.54, 1.807) is 24.3 Å². The van der Waals surface area contributed by atoms with Gasteiger partial charge in [-0.1, -0.05) is 40.5 Å². The predicted octanol–water partition coefficient (Wildman–Crippen LogP) is 5.00. The maximum atomic E-state index is 12.3. The first-order chi connectivity index (χ1) is 15.4. The van der Waals surface area contributed by atoms with Crippen molar-refractivity contribution in [1.29, 1.82) is 0 Å². The molecule has 10 heteroatoms. The van der Waals surface area contributed by atoms with E-state index in [0.29, 0.717) is 32.7 Å². The van der Waals surface area contributed by atoms with E-state index in [1.807, 2.05) is 25.1 Å². The highest BCUT2D eigenvalue weighted by atomic mass is 35.5. The number of nitrogens with one attached hydrogen (secondary N) is 1. The van der Waals surface area contributed by atoms with Gasteiger partial charge < -0.3 is 19.3 Å². The van der Waals surface area contributed by atoms with Crippen LogP contribution in [0.3, 0.4) is 0 Å². The van der Waals surface area contributed by atoms with Gasteiger partial charge in [0.15, 0.2) is 18.2 Å². The topological polar surface area (TPSA) is 99.4 Å². The lowest BCUT2D eigenvalue weighted by Gasteiger charge is -2.11. The van der Waals surface area contributed by atoms with Gasteiger partial charge in [0.25, 0.3) is 5.89 Å². The fourth-order valence-corrected chi connectivity index (χ4v) is 3.64. The van der Waals surface area contributed by atoms with E-state index in [4.69, 9.17) is 37.2 Å². The monoisotopic (exact) mass is 472 g/mol. The molecule has 32 heavy (non-hydrogen) atoms. The van der Waals surface area contributed by atoms with Crippen LogP contribution in [0.5, 0.6) is 11.5 Å². The first kappa shape index (κ1) is 21.9. The van der Waals surface area contributed by atoms with Gasteiger partial charge in [0.05, 0.1) is 29.3 Å². The van der Waals surface area contributed by atoms with Crippen LogP contribution in [-0.2, 0) is 17.8 Å². The molecule has 4 aromatic rings. The molecule has 0 unspecified atom stereocenters. The molecule has 0 radical (unpaired) electrons. The smallest absolute Gasteiger partial charge is 0.264 e. The molecule has 4 rings (SSSR count). The van der Waals surface area contributed by atoms with E-state index in [0.717, 1.165) is 11.1 Å². The minimum absolute atomic E-state index is 0.0484. The van der Waals surface area contributed by atoms with Gasteiger partial charge in [0.2, 0.25) is 5.91 Å². The summed E-state index contributed by atoms with van der Waals surface area (Å²) >= 11 is 12.6. The molecule has 0 atom stereocenters. The number of nitrogens with zero attached hydrogens (tertiary/aromatic N) is 3. The Balaban J connectivity index is 1.44. The number of anilines is 1. The fraction of sp³-hybridized carbons (Fsp3) is 0.182. The van der Waals surface area contributed by atoms with Gasteiger partial charge >= 0.3 is 0 Å². The number of amides is 1. The van der Waals surface area contributed by atoms with Crippen molar-refractivity contribution in [3.05, 3.63) is 69.9 Å². The molecule has 0 fully saturated rings. The number of benzene rings is 2. The number of rotatable bonds is 7. The summed E-state index contributed by atoms with van der Waals surface area (Å²) in [6.45, 7) is 1.81. The van der Waals surface area contributed by atoms with Crippen LogP contribution in [0.15, 0.2) is 47.0 Å². The molecular weight excluding hydrogens is 455 g/mol. The van der Waals surface area contributed by atoms with Crippen molar-refractivity contribution in [3.8, 4) is 11.5 Å². The van der Waals surface area contributed by atoms with E-state index >= 15 is 0 Å². The SMILES string of the molecule is COc1ccccc1NC(=O)Cc1noc(COc2c(Cl)cc(Cl)c3ccc(C)nc23)n1. The van der Waals surface area contributed by atoms with Crippen LogP contribution in [0.4, 0.5) is 5.69 Å². The van der Waals surface area contributed by atoms with Crippen molar-refractivity contribution < 1.29 is 18.8 Å². The Bertz CT molecular complexity index is 1290. The standard InChI is InChI=1S/C22H18Cl2N4O4/c1-12-7-8-13-14(23)9-15(24)22(21(13)25-12)31-11-20-27-18(28-32-20)10-19(29)26-16-5-3-4-6-17(16)30-2/h3-9H,10-11H2,1-2H3,(H,26,29). The zero-order chi connectivity index (χ0) is 22.7. The summed E-state index contributed by atoms with van der Waals surface area (Å²) in [5, 5.41) is 8.11. The number of pyridine rings is 1. The summed E-state index contributed by atoms with van der Waals surface area (Å²) in [5.74, 6) is 1.02. The number of para-hydroxylation sites is 2. The van der Waals surface area contributed by atoms with Crippen LogP contribution in [0.1, 0.15) is 17.4 Å². The highest BCUT2D eigenvalue weighted by molar-refractivity contribution is 6.39. The summed E-state index contributed by atoms with van der Waals surface area (Å²) < 4.78 is 16.2. The van der Waals surface area contributed by atoms with Gasteiger partial charge in [-0.25, -0.2) is 4.98 Å². The van der Waals surface area contributed by atoms with Gasteiger partial charge in [-0.15, -0.1) is 0 Å². The Kier molecular flexibility index (Phi) is 6.43. The molecule has 8 nitrogen and oxygen atoms in total. The van der Waals surface area contributed by atoms with Crippen molar-refractivity contribution >= 4 is 45.7 Å². The van der Waals surface area contributed by atoms with Crippen molar-refractivity contribution in [1.82, 2.24) is 15.1 Å². The zero-order valence-electron chi connectivity index (χ0n) is 17.2. The van der Waals surface area contributed by atoms with Gasteiger partial charge in [-0.3, -0.25) is 4.79 Å². The molecule has 0 aliphatic rings. The highest BCUT2D eigenvalue weighted by Gasteiger charge is 2.17. The lowest BCUT2D eigenvalue weighted by molar-refractivity contribution is -0.115. The minimum atomic E-state index is -0.311. The second-order valence-electron chi connectivity index (χ2n) is 6.84. The van der Waals surface area contributed by atoms with Crippen molar-refractivity contribution in [3.63, 3.8) is 0 Å². The summed E-state index contributed by atoms with van der Waals surface area (Å²) in [6, 6.07) is 12.4. The molecule has 2 aromatic carbocycles. The number of halogens is 2. The largest absolute Gasteiger partial charge is 0.495 e. The van der Waals surface area contributed by atoms with Crippen LogP contribution in [-0.4, -0.2) is 28.1 Å². The number of hydrogen-bond acceptors (Lipinski definition) is 7. The van der Waals surface area contributed by atoms with E-state index in [-0.39, 0.29) is 30.7 Å². The number of hydrogen-bond donors (Lipinski definition) is 1. The van der Waals surface area contributed by atoms with Crippen LogP contribution < -0.4 is 14.8 Å². The van der Waals surface area contributed by atoms with Gasteiger partial charge in [0, 0.05) is 11.1 Å². The normalized spacial score (nSPS) is 10.9. The molecule has 0 aliphatic heterocycles. The van der Waals surface area contributed by atoms with Crippen LogP contribution >= 0.6 is 23.2 Å². The molecule has 0 saturated heterocycles. The number of carbonyl (C=O) groups is 1. The zero-order valence-corrected chi connectivity index (χ0v) is 18.7. The van der Waals surface area contributed by atoms with Gasteiger partial charge in [0.1, 0.15) is 11.3 Å². The Morgan fingerprint density at radius 1 is 1.12 bits per heavy atom.